The van der Waals surface area contributed by atoms with Gasteiger partial charge in [-0.25, -0.2) is 0 Å². The molecule has 1 amide bonds. The molecule has 1 aliphatic rings. The second-order valence-electron chi connectivity index (χ2n) is 5.82. The molecule has 0 bridgehead atoms. The number of aliphatic hydroxyl groups is 1. The number of benzene rings is 1. The number of anilines is 1. The molecule has 1 unspecified atom stereocenters. The summed E-state index contributed by atoms with van der Waals surface area (Å²) in [7, 11) is 0. The Hall–Kier alpha value is -2.97. The van der Waals surface area contributed by atoms with Crippen LogP contribution < -0.4 is 4.90 Å². The van der Waals surface area contributed by atoms with Crippen molar-refractivity contribution < 1.29 is 19.1 Å². The van der Waals surface area contributed by atoms with E-state index in [4.69, 9.17) is 16.0 Å². The molecular weight excluding hydrogens is 390 g/mol. The highest BCUT2D eigenvalue weighted by molar-refractivity contribution is 7.13. The molecule has 0 spiro atoms. The minimum Gasteiger partial charge on any atom is -0.503 e. The Morgan fingerprint density at radius 3 is 2.70 bits per heavy atom. The van der Waals surface area contributed by atoms with Gasteiger partial charge in [-0.05, 0) is 30.7 Å². The lowest BCUT2D eigenvalue weighted by Crippen LogP contribution is -2.31. The normalized spacial score (nSPS) is 17.0. The number of aliphatic hydroxyl groups excluding tert-OH is 1. The topological polar surface area (TPSA) is 96.5 Å². The lowest BCUT2D eigenvalue weighted by Gasteiger charge is -2.24. The van der Waals surface area contributed by atoms with Gasteiger partial charge in [0.25, 0.3) is 5.91 Å². The maximum atomic E-state index is 13.1. The molecular formula is C18H12ClN3O4S. The Kier molecular flexibility index (Phi) is 4.29. The van der Waals surface area contributed by atoms with Crippen LogP contribution in [0.1, 0.15) is 27.9 Å². The van der Waals surface area contributed by atoms with E-state index in [9.17, 15) is 14.7 Å². The summed E-state index contributed by atoms with van der Waals surface area (Å²) in [5.41, 5.74) is 1.83. The summed E-state index contributed by atoms with van der Waals surface area (Å²) >= 11 is 7.45. The van der Waals surface area contributed by atoms with Gasteiger partial charge in [-0.3, -0.25) is 14.5 Å². The van der Waals surface area contributed by atoms with Crippen molar-refractivity contribution in [3.05, 3.63) is 75.3 Å². The third-order valence-corrected chi connectivity index (χ3v) is 5.20. The zero-order chi connectivity index (χ0) is 19.1. The quantitative estimate of drug-likeness (QED) is 0.666. The van der Waals surface area contributed by atoms with Crippen molar-refractivity contribution in [1.29, 1.82) is 0 Å². The average Bonchev–Trinajstić information content (AvgIpc) is 3.37. The first-order chi connectivity index (χ1) is 13.0. The fourth-order valence-corrected chi connectivity index (χ4v) is 3.81. The van der Waals surface area contributed by atoms with E-state index in [0.717, 1.165) is 11.3 Å². The molecule has 1 aromatic carbocycles. The third kappa shape index (κ3) is 2.83. The van der Waals surface area contributed by atoms with E-state index in [-0.39, 0.29) is 16.5 Å². The molecule has 0 aliphatic carbocycles. The molecule has 1 atom stereocenters. The van der Waals surface area contributed by atoms with Gasteiger partial charge in [-0.2, -0.15) is 0 Å². The number of carbonyl (C=O) groups excluding carboxylic acids is 2. The molecule has 0 saturated heterocycles. The zero-order valence-electron chi connectivity index (χ0n) is 13.9. The van der Waals surface area contributed by atoms with Crippen LogP contribution in [0.5, 0.6) is 0 Å². The van der Waals surface area contributed by atoms with Crippen LogP contribution in [0.4, 0.5) is 5.13 Å². The number of Topliss-reactive ketones (excluding diaryl/α,β-unsaturated/α-hetero) is 1. The van der Waals surface area contributed by atoms with Gasteiger partial charge in [0, 0.05) is 5.02 Å². The Morgan fingerprint density at radius 2 is 2.07 bits per heavy atom. The minimum absolute atomic E-state index is 0.0259. The van der Waals surface area contributed by atoms with Gasteiger partial charge < -0.3 is 9.52 Å². The lowest BCUT2D eigenvalue weighted by molar-refractivity contribution is -0.117. The van der Waals surface area contributed by atoms with E-state index < -0.39 is 23.5 Å². The highest BCUT2D eigenvalue weighted by Gasteiger charge is 2.47. The van der Waals surface area contributed by atoms with E-state index >= 15 is 0 Å². The van der Waals surface area contributed by atoms with Crippen LogP contribution in [0.25, 0.3) is 0 Å². The van der Waals surface area contributed by atoms with Gasteiger partial charge in [0.05, 0.1) is 11.6 Å². The highest BCUT2D eigenvalue weighted by atomic mass is 35.5. The summed E-state index contributed by atoms with van der Waals surface area (Å²) in [6.45, 7) is 1.70. The van der Waals surface area contributed by atoms with Gasteiger partial charge in [0.2, 0.25) is 10.9 Å². The van der Waals surface area contributed by atoms with Crippen molar-refractivity contribution in [3.8, 4) is 0 Å². The fraction of sp³-hybridized carbons (Fsp3) is 0.111. The fourth-order valence-electron chi connectivity index (χ4n) is 2.99. The molecule has 3 heterocycles. The SMILES string of the molecule is Cc1ccc(C(=O)C2=C(O)C(=O)N(c3nncs3)C2c2ccccc2Cl)o1. The van der Waals surface area contributed by atoms with Crippen molar-refractivity contribution >= 4 is 39.8 Å². The molecule has 4 rings (SSSR count). The number of ketones is 1. The molecule has 3 aromatic rings. The molecule has 0 radical (unpaired) electrons. The predicted molar refractivity (Wildman–Crippen MR) is 99.0 cm³/mol. The van der Waals surface area contributed by atoms with Crippen molar-refractivity contribution in [2.24, 2.45) is 0 Å². The first-order valence-electron chi connectivity index (χ1n) is 7.87. The number of hydrogen-bond acceptors (Lipinski definition) is 7. The van der Waals surface area contributed by atoms with Crippen molar-refractivity contribution in [2.75, 3.05) is 4.90 Å². The van der Waals surface area contributed by atoms with E-state index in [1.807, 2.05) is 0 Å². The van der Waals surface area contributed by atoms with Crippen molar-refractivity contribution in [1.82, 2.24) is 10.2 Å². The summed E-state index contributed by atoms with van der Waals surface area (Å²) in [6, 6.07) is 8.99. The molecule has 0 fully saturated rings. The second kappa shape index (κ2) is 6.64. The van der Waals surface area contributed by atoms with Crippen molar-refractivity contribution in [3.63, 3.8) is 0 Å². The predicted octanol–water partition coefficient (Wildman–Crippen LogP) is 3.88. The lowest BCUT2D eigenvalue weighted by atomic mass is 9.95. The molecule has 27 heavy (non-hydrogen) atoms. The molecule has 7 nitrogen and oxygen atoms in total. The van der Waals surface area contributed by atoms with Crippen LogP contribution in [0, 0.1) is 6.92 Å². The molecule has 9 heteroatoms. The average molecular weight is 402 g/mol. The zero-order valence-corrected chi connectivity index (χ0v) is 15.5. The molecule has 0 saturated carbocycles. The van der Waals surface area contributed by atoms with E-state index in [1.165, 1.54) is 16.5 Å². The highest BCUT2D eigenvalue weighted by Crippen LogP contribution is 2.44. The number of hydrogen-bond donors (Lipinski definition) is 1. The maximum absolute atomic E-state index is 13.1. The van der Waals surface area contributed by atoms with Gasteiger partial charge in [0.15, 0.2) is 11.5 Å². The number of aryl methyl sites for hydroxylation is 1. The number of amides is 1. The Balaban J connectivity index is 1.90. The van der Waals surface area contributed by atoms with E-state index in [1.54, 1.807) is 37.3 Å². The number of halogens is 1. The standard InChI is InChI=1S/C18H12ClN3O4S/c1-9-6-7-12(26-9)15(23)13-14(10-4-2-3-5-11(10)19)22(17(25)16(13)24)18-21-20-8-27-18/h2-8,14,24H,1H3. The molecule has 1 N–H and O–H groups in total. The van der Waals surface area contributed by atoms with Crippen LogP contribution in [-0.4, -0.2) is 27.0 Å². The molecule has 1 aliphatic heterocycles. The number of furan rings is 1. The number of aromatic nitrogens is 2. The van der Waals surface area contributed by atoms with E-state index in [2.05, 4.69) is 10.2 Å². The van der Waals surface area contributed by atoms with Crippen LogP contribution in [0.2, 0.25) is 5.02 Å². The van der Waals surface area contributed by atoms with Gasteiger partial charge in [-0.15, -0.1) is 10.2 Å². The van der Waals surface area contributed by atoms with Crippen LogP contribution >= 0.6 is 22.9 Å². The second-order valence-corrected chi connectivity index (χ2v) is 7.04. The monoisotopic (exact) mass is 401 g/mol. The van der Waals surface area contributed by atoms with Gasteiger partial charge >= 0.3 is 0 Å². The number of rotatable bonds is 4. The first-order valence-corrected chi connectivity index (χ1v) is 9.13. The summed E-state index contributed by atoms with van der Waals surface area (Å²) in [5.74, 6) is -1.43. The van der Waals surface area contributed by atoms with Crippen molar-refractivity contribution in [2.45, 2.75) is 13.0 Å². The Bertz CT molecular complexity index is 1070. The molecule has 2 aromatic heterocycles. The summed E-state index contributed by atoms with van der Waals surface area (Å²) in [6.07, 6.45) is 0. The number of carbonyl (C=O) groups is 2. The Morgan fingerprint density at radius 1 is 1.30 bits per heavy atom. The Labute approximate surface area is 162 Å². The number of nitrogens with zero attached hydrogens (tertiary/aromatic N) is 3. The minimum atomic E-state index is -0.947. The maximum Gasteiger partial charge on any atom is 0.296 e. The summed E-state index contributed by atoms with van der Waals surface area (Å²) < 4.78 is 5.40. The largest absolute Gasteiger partial charge is 0.503 e. The van der Waals surface area contributed by atoms with E-state index in [0.29, 0.717) is 16.3 Å². The molecule has 136 valence electrons. The third-order valence-electron chi connectivity index (χ3n) is 4.17. The van der Waals surface area contributed by atoms with Crippen LogP contribution in [0.3, 0.4) is 0 Å². The van der Waals surface area contributed by atoms with Gasteiger partial charge in [0.1, 0.15) is 11.3 Å². The van der Waals surface area contributed by atoms with Crippen LogP contribution in [-0.2, 0) is 4.79 Å². The smallest absolute Gasteiger partial charge is 0.296 e. The summed E-state index contributed by atoms with van der Waals surface area (Å²) in [5, 5.41) is 18.8. The summed E-state index contributed by atoms with van der Waals surface area (Å²) in [4.78, 5) is 27.1. The van der Waals surface area contributed by atoms with Gasteiger partial charge in [-0.1, -0.05) is 41.1 Å². The van der Waals surface area contributed by atoms with Crippen LogP contribution in [0.15, 0.2) is 57.7 Å². The first kappa shape index (κ1) is 17.4.